The van der Waals surface area contributed by atoms with Crippen molar-refractivity contribution in [2.45, 2.75) is 51.1 Å². The highest BCUT2D eigenvalue weighted by atomic mass is 28.5. The van der Waals surface area contributed by atoms with Crippen LogP contribution < -0.4 is 11.1 Å². The Hall–Kier alpha value is 0.0506. The fourth-order valence-corrected chi connectivity index (χ4v) is 15.8. The Balaban J connectivity index is 3.74. The second kappa shape index (κ2) is 32.0. The van der Waals surface area contributed by atoms with Gasteiger partial charge in [0.05, 0.1) is 106 Å². The normalized spacial score (nSPS) is 14.8. The summed E-state index contributed by atoms with van der Waals surface area (Å²) in [5, 5.41) is 11.9. The zero-order chi connectivity index (χ0) is 35.0. The van der Waals surface area contributed by atoms with Gasteiger partial charge in [-0.25, -0.2) is 0 Å². The summed E-state index contributed by atoms with van der Waals surface area (Å²) in [6.07, 6.45) is 1.59. The molecule has 47 heavy (non-hydrogen) atoms. The monoisotopic (exact) mass is 736 g/mol. The minimum absolute atomic E-state index is 0.0215. The van der Waals surface area contributed by atoms with E-state index in [2.05, 4.69) is 5.32 Å². The maximum absolute atomic E-state index is 11.1. The summed E-state index contributed by atoms with van der Waals surface area (Å²) in [7, 11) is -6.29. The standard InChI is InChI=1S/C29H68N2O13Si3/c1-34-45(2,3)43-47(5,44-46(4,33)28-6-9-31-10-8-30)29-7-12-35-14-16-37-18-20-39-22-24-41-26-27-42-25-23-40-21-19-38-17-15-36-13-11-32/h31-33H,6-30H2,1-5H3. The summed E-state index contributed by atoms with van der Waals surface area (Å²) < 4.78 is 62.2. The van der Waals surface area contributed by atoms with Crippen LogP contribution in [-0.2, 0) is 50.6 Å². The van der Waals surface area contributed by atoms with E-state index in [0.29, 0.717) is 124 Å². The summed E-state index contributed by atoms with van der Waals surface area (Å²) in [5.41, 5.74) is 5.52. The SMILES string of the molecule is CO[Si](C)(C)O[Si](C)(CCCOCCOCCOCCOCCOCCOCCOCCOCCO)O[Si](C)(O)CCCNCCN. The lowest BCUT2D eigenvalue weighted by Crippen LogP contribution is -2.56. The number of hydrogen-bond acceptors (Lipinski definition) is 15. The second-order valence-electron chi connectivity index (χ2n) is 11.5. The van der Waals surface area contributed by atoms with Crippen LogP contribution in [0.1, 0.15) is 12.8 Å². The molecule has 15 nitrogen and oxygen atoms in total. The highest BCUT2D eigenvalue weighted by Crippen LogP contribution is 2.27. The topological polar surface area (TPSA) is 180 Å². The van der Waals surface area contributed by atoms with Gasteiger partial charge >= 0.3 is 25.7 Å². The van der Waals surface area contributed by atoms with Crippen LogP contribution >= 0.6 is 0 Å². The summed E-state index contributed by atoms with van der Waals surface area (Å²) in [6, 6.07) is 1.34. The van der Waals surface area contributed by atoms with Crippen LogP contribution in [0.5, 0.6) is 0 Å². The van der Waals surface area contributed by atoms with Gasteiger partial charge in [0.15, 0.2) is 0 Å². The van der Waals surface area contributed by atoms with Gasteiger partial charge < -0.3 is 71.5 Å². The first-order valence-electron chi connectivity index (χ1n) is 16.9. The average molecular weight is 737 g/mol. The number of aliphatic hydroxyl groups excluding tert-OH is 1. The lowest BCUT2D eigenvalue weighted by Gasteiger charge is -2.38. The predicted molar refractivity (Wildman–Crippen MR) is 187 cm³/mol. The highest BCUT2D eigenvalue weighted by Gasteiger charge is 2.44. The molecule has 0 spiro atoms. The van der Waals surface area contributed by atoms with Gasteiger partial charge in [-0.1, -0.05) is 0 Å². The smallest absolute Gasteiger partial charge is 0.323 e. The van der Waals surface area contributed by atoms with Crippen LogP contribution in [0.25, 0.3) is 0 Å². The quantitative estimate of drug-likeness (QED) is 0.0520. The van der Waals surface area contributed by atoms with E-state index in [9.17, 15) is 4.80 Å². The van der Waals surface area contributed by atoms with Crippen molar-refractivity contribution in [3.05, 3.63) is 0 Å². The Labute approximate surface area is 287 Å². The fraction of sp³-hybridized carbons (Fsp3) is 1.00. The zero-order valence-corrected chi connectivity index (χ0v) is 32.9. The van der Waals surface area contributed by atoms with Gasteiger partial charge in [-0.05, 0) is 57.7 Å². The molecule has 0 rings (SSSR count). The first kappa shape index (κ1) is 47.1. The molecule has 18 heteroatoms. The van der Waals surface area contributed by atoms with Gasteiger partial charge in [0.25, 0.3) is 0 Å². The van der Waals surface area contributed by atoms with Gasteiger partial charge in [0.1, 0.15) is 0 Å². The molecule has 284 valence electrons. The van der Waals surface area contributed by atoms with Gasteiger partial charge in [0, 0.05) is 26.8 Å². The Kier molecular flexibility index (Phi) is 32.0. The third kappa shape index (κ3) is 33.0. The molecule has 0 fully saturated rings. The molecule has 0 saturated heterocycles. The van der Waals surface area contributed by atoms with E-state index in [1.165, 1.54) is 0 Å². The van der Waals surface area contributed by atoms with Crippen LogP contribution in [0.4, 0.5) is 0 Å². The maximum Gasteiger partial charge on any atom is 0.323 e. The Morgan fingerprint density at radius 3 is 1.32 bits per heavy atom. The molecule has 0 aliphatic carbocycles. The van der Waals surface area contributed by atoms with Crippen molar-refractivity contribution in [2.24, 2.45) is 5.73 Å². The minimum atomic E-state index is -2.90. The molecule has 0 aliphatic rings. The number of aliphatic hydroxyl groups is 1. The van der Waals surface area contributed by atoms with Crippen molar-refractivity contribution < 1.29 is 60.5 Å². The van der Waals surface area contributed by atoms with E-state index < -0.39 is 25.7 Å². The van der Waals surface area contributed by atoms with E-state index in [4.69, 9.17) is 61.4 Å². The molecule has 0 aromatic heterocycles. The molecule has 0 amide bonds. The Bertz CT molecular complexity index is 679. The van der Waals surface area contributed by atoms with E-state index in [1.807, 2.05) is 26.2 Å². The van der Waals surface area contributed by atoms with Crippen molar-refractivity contribution in [1.82, 2.24) is 5.32 Å². The second-order valence-corrected chi connectivity index (χ2v) is 21.9. The number of nitrogens with one attached hydrogen (secondary N) is 1. The van der Waals surface area contributed by atoms with Crippen LogP contribution in [0, 0.1) is 0 Å². The first-order chi connectivity index (χ1) is 22.6. The molecule has 5 N–H and O–H groups in total. The first-order valence-corrected chi connectivity index (χ1v) is 24.8. The molecule has 0 saturated carbocycles. The lowest BCUT2D eigenvalue weighted by atomic mass is 10.5. The van der Waals surface area contributed by atoms with Crippen LogP contribution in [-0.4, -0.2) is 175 Å². The van der Waals surface area contributed by atoms with Crippen molar-refractivity contribution in [2.75, 3.05) is 139 Å². The molecule has 0 aromatic carbocycles. The van der Waals surface area contributed by atoms with E-state index in [1.54, 1.807) is 7.11 Å². The molecule has 0 bridgehead atoms. The minimum Gasteiger partial charge on any atom is -0.415 e. The average Bonchev–Trinajstić information content (AvgIpc) is 3.02. The van der Waals surface area contributed by atoms with Crippen LogP contribution in [0.2, 0.25) is 38.3 Å². The lowest BCUT2D eigenvalue weighted by molar-refractivity contribution is -0.0238. The summed E-state index contributed by atoms with van der Waals surface area (Å²) >= 11 is 0. The van der Waals surface area contributed by atoms with Gasteiger partial charge in [-0.15, -0.1) is 0 Å². The summed E-state index contributed by atoms with van der Waals surface area (Å²) in [6.45, 7) is 17.8. The number of nitrogens with two attached hydrogens (primary N) is 1. The van der Waals surface area contributed by atoms with Crippen molar-refractivity contribution in [3.8, 4) is 0 Å². The number of rotatable bonds is 38. The van der Waals surface area contributed by atoms with E-state index >= 15 is 0 Å². The fourth-order valence-electron chi connectivity index (χ4n) is 4.17. The Morgan fingerprint density at radius 1 is 0.532 bits per heavy atom. The molecule has 0 heterocycles. The van der Waals surface area contributed by atoms with Crippen molar-refractivity contribution in [1.29, 1.82) is 0 Å². The third-order valence-electron chi connectivity index (χ3n) is 6.46. The predicted octanol–water partition coefficient (Wildman–Crippen LogP) is 0.958. The van der Waals surface area contributed by atoms with Gasteiger partial charge in [-0.2, -0.15) is 0 Å². The molecule has 0 radical (unpaired) electrons. The number of hydrogen-bond donors (Lipinski definition) is 4. The summed E-state index contributed by atoms with van der Waals surface area (Å²) in [4.78, 5) is 11.1. The van der Waals surface area contributed by atoms with Gasteiger partial charge in [-0.3, -0.25) is 0 Å². The zero-order valence-electron chi connectivity index (χ0n) is 29.9. The molecule has 2 unspecified atom stereocenters. The molecule has 2 atom stereocenters. The highest BCUT2D eigenvalue weighted by molar-refractivity contribution is 6.85. The van der Waals surface area contributed by atoms with E-state index in [0.717, 1.165) is 25.9 Å². The van der Waals surface area contributed by atoms with Crippen LogP contribution in [0.15, 0.2) is 0 Å². The molecule has 0 aliphatic heterocycles. The number of ether oxygens (including phenoxy) is 8. The van der Waals surface area contributed by atoms with Gasteiger partial charge in [0.2, 0.25) is 0 Å². The maximum atomic E-state index is 11.1. The largest absolute Gasteiger partial charge is 0.415 e. The molecular formula is C29H68N2O13Si3. The van der Waals surface area contributed by atoms with Crippen molar-refractivity contribution >= 4 is 25.7 Å². The molecule has 0 aromatic rings. The third-order valence-corrected chi connectivity index (χ3v) is 17.2. The Morgan fingerprint density at radius 2 is 0.936 bits per heavy atom. The van der Waals surface area contributed by atoms with E-state index in [-0.39, 0.29) is 6.61 Å². The van der Waals surface area contributed by atoms with Crippen molar-refractivity contribution in [3.63, 3.8) is 0 Å². The summed E-state index contributed by atoms with van der Waals surface area (Å²) in [5.74, 6) is 0. The van der Waals surface area contributed by atoms with Crippen LogP contribution in [0.3, 0.4) is 0 Å². The molecular weight excluding hydrogens is 669 g/mol.